The van der Waals surface area contributed by atoms with Crippen LogP contribution in [-0.4, -0.2) is 16.6 Å². The maximum absolute atomic E-state index is 6.00. The Morgan fingerprint density at radius 1 is 0.658 bits per heavy atom. The summed E-state index contributed by atoms with van der Waals surface area (Å²) >= 11 is 0. The molecule has 1 saturated carbocycles. The summed E-state index contributed by atoms with van der Waals surface area (Å²) < 4.78 is 6.00. The monoisotopic (exact) mass is 512 g/mol. The maximum atomic E-state index is 6.00. The van der Waals surface area contributed by atoms with Crippen molar-refractivity contribution in [2.75, 3.05) is 6.61 Å². The molecule has 1 fully saturated rings. The quantitative estimate of drug-likeness (QED) is 0.169. The predicted octanol–water partition coefficient (Wildman–Crippen LogP) is 10.2. The van der Waals surface area contributed by atoms with Gasteiger partial charge in [0, 0.05) is 18.0 Å². The fourth-order valence-electron chi connectivity index (χ4n) is 5.68. The van der Waals surface area contributed by atoms with E-state index in [9.17, 15) is 0 Å². The van der Waals surface area contributed by atoms with Crippen LogP contribution in [0.3, 0.4) is 0 Å². The number of unbranched alkanes of at least 4 members (excludes halogenated alkanes) is 8. The molecule has 0 atom stereocenters. The van der Waals surface area contributed by atoms with Gasteiger partial charge in [0.05, 0.1) is 6.61 Å². The molecular formula is C35H48N2O. The van der Waals surface area contributed by atoms with Crippen LogP contribution in [-0.2, 0) is 6.42 Å². The molecule has 0 radical (unpaired) electrons. The molecule has 0 bridgehead atoms. The van der Waals surface area contributed by atoms with Gasteiger partial charge < -0.3 is 4.74 Å². The van der Waals surface area contributed by atoms with E-state index in [1.54, 1.807) is 0 Å². The van der Waals surface area contributed by atoms with Crippen LogP contribution in [0, 0.1) is 5.92 Å². The van der Waals surface area contributed by atoms with Gasteiger partial charge in [0.2, 0.25) is 0 Å². The van der Waals surface area contributed by atoms with E-state index in [1.165, 1.54) is 107 Å². The molecule has 0 saturated heterocycles. The summed E-state index contributed by atoms with van der Waals surface area (Å²) in [7, 11) is 0. The first-order valence-corrected chi connectivity index (χ1v) is 15.5. The summed E-state index contributed by atoms with van der Waals surface area (Å²) in [6.45, 7) is 3.07. The van der Waals surface area contributed by atoms with Gasteiger partial charge in [-0.3, -0.25) is 0 Å². The molecule has 1 aliphatic rings. The average molecular weight is 513 g/mol. The van der Waals surface area contributed by atoms with E-state index in [1.807, 2.05) is 12.4 Å². The summed E-state index contributed by atoms with van der Waals surface area (Å²) in [5.41, 5.74) is 4.69. The zero-order chi connectivity index (χ0) is 26.3. The van der Waals surface area contributed by atoms with Crippen LogP contribution < -0.4 is 4.74 Å². The Balaban J connectivity index is 1.14. The highest BCUT2D eigenvalue weighted by molar-refractivity contribution is 5.68. The average Bonchev–Trinajstić information content (AvgIpc) is 3.49. The Labute approximate surface area is 231 Å². The van der Waals surface area contributed by atoms with Crippen LogP contribution in [0.15, 0.2) is 60.9 Å². The van der Waals surface area contributed by atoms with Crippen molar-refractivity contribution >= 4 is 0 Å². The van der Waals surface area contributed by atoms with Crippen molar-refractivity contribution in [1.82, 2.24) is 9.97 Å². The first-order valence-electron chi connectivity index (χ1n) is 15.5. The second-order valence-corrected chi connectivity index (χ2v) is 11.2. The third kappa shape index (κ3) is 9.57. The second-order valence-electron chi connectivity index (χ2n) is 11.2. The third-order valence-electron chi connectivity index (χ3n) is 8.11. The first-order chi connectivity index (χ1) is 18.8. The highest BCUT2D eigenvalue weighted by Crippen LogP contribution is 2.29. The highest BCUT2D eigenvalue weighted by Gasteiger charge is 2.13. The minimum Gasteiger partial charge on any atom is -0.494 e. The molecule has 0 N–H and O–H groups in total. The molecule has 0 spiro atoms. The fraction of sp³-hybridized carbons (Fsp3) is 0.543. The lowest BCUT2D eigenvalue weighted by Crippen LogP contribution is -1.97. The molecule has 3 aromatic rings. The van der Waals surface area contributed by atoms with E-state index in [4.69, 9.17) is 4.74 Å². The number of aryl methyl sites for hydroxylation is 1. The minimum atomic E-state index is 0.795. The molecule has 204 valence electrons. The second kappa shape index (κ2) is 16.3. The van der Waals surface area contributed by atoms with Gasteiger partial charge in [0.25, 0.3) is 0 Å². The molecule has 0 amide bonds. The van der Waals surface area contributed by atoms with Gasteiger partial charge in [0.1, 0.15) is 5.75 Å². The van der Waals surface area contributed by atoms with Crippen molar-refractivity contribution in [2.24, 2.45) is 5.92 Å². The van der Waals surface area contributed by atoms with Crippen LogP contribution in [0.1, 0.15) is 109 Å². The van der Waals surface area contributed by atoms with E-state index < -0.39 is 0 Å². The lowest BCUT2D eigenvalue weighted by atomic mass is 9.99. The van der Waals surface area contributed by atoms with Crippen molar-refractivity contribution in [1.29, 1.82) is 0 Å². The summed E-state index contributed by atoms with van der Waals surface area (Å²) in [6, 6.07) is 17.0. The number of ether oxygens (including phenoxy) is 1. The third-order valence-corrected chi connectivity index (χ3v) is 8.11. The molecule has 3 nitrogen and oxygen atoms in total. The molecule has 4 rings (SSSR count). The maximum Gasteiger partial charge on any atom is 0.159 e. The van der Waals surface area contributed by atoms with Gasteiger partial charge in [-0.2, -0.15) is 0 Å². The summed E-state index contributed by atoms with van der Waals surface area (Å²) in [5, 5.41) is 0. The molecule has 0 unspecified atom stereocenters. The van der Waals surface area contributed by atoms with Gasteiger partial charge in [0.15, 0.2) is 5.82 Å². The van der Waals surface area contributed by atoms with Crippen molar-refractivity contribution in [2.45, 2.75) is 110 Å². The fourth-order valence-corrected chi connectivity index (χ4v) is 5.68. The van der Waals surface area contributed by atoms with Gasteiger partial charge in [-0.15, -0.1) is 0 Å². The Hall–Kier alpha value is -2.68. The lowest BCUT2D eigenvalue weighted by Gasteiger charge is -2.09. The van der Waals surface area contributed by atoms with Crippen LogP contribution in [0.2, 0.25) is 0 Å². The number of hydrogen-bond donors (Lipinski definition) is 0. The summed E-state index contributed by atoms with van der Waals surface area (Å²) in [4.78, 5) is 9.25. The Morgan fingerprint density at radius 2 is 1.24 bits per heavy atom. The van der Waals surface area contributed by atoms with Crippen molar-refractivity contribution in [3.8, 4) is 28.3 Å². The molecule has 2 aromatic carbocycles. The predicted molar refractivity (Wildman–Crippen MR) is 161 cm³/mol. The zero-order valence-corrected chi connectivity index (χ0v) is 23.7. The van der Waals surface area contributed by atoms with Crippen molar-refractivity contribution in [3.05, 3.63) is 66.5 Å². The van der Waals surface area contributed by atoms with E-state index >= 15 is 0 Å². The van der Waals surface area contributed by atoms with Crippen LogP contribution >= 0.6 is 0 Å². The number of rotatable bonds is 17. The zero-order valence-electron chi connectivity index (χ0n) is 23.7. The van der Waals surface area contributed by atoms with Crippen LogP contribution in [0.5, 0.6) is 5.75 Å². The summed E-state index contributed by atoms with van der Waals surface area (Å²) in [5.74, 6) is 2.80. The van der Waals surface area contributed by atoms with Crippen molar-refractivity contribution < 1.29 is 4.74 Å². The minimum absolute atomic E-state index is 0.795. The molecule has 3 heteroatoms. The largest absolute Gasteiger partial charge is 0.494 e. The topological polar surface area (TPSA) is 35.0 Å². The van der Waals surface area contributed by atoms with Gasteiger partial charge in [-0.1, -0.05) is 127 Å². The first kappa shape index (κ1) is 28.3. The molecule has 1 aliphatic carbocycles. The molecule has 1 heterocycles. The number of nitrogens with zero attached hydrogens (tertiary/aromatic N) is 2. The van der Waals surface area contributed by atoms with Crippen LogP contribution in [0.4, 0.5) is 0 Å². The Bertz CT molecular complexity index is 1020. The number of aromatic nitrogens is 2. The van der Waals surface area contributed by atoms with E-state index in [-0.39, 0.29) is 0 Å². The highest BCUT2D eigenvalue weighted by atomic mass is 16.5. The van der Waals surface area contributed by atoms with E-state index in [0.29, 0.717) is 0 Å². The molecular weight excluding hydrogens is 464 g/mol. The van der Waals surface area contributed by atoms with E-state index in [0.717, 1.165) is 42.5 Å². The van der Waals surface area contributed by atoms with Crippen molar-refractivity contribution in [3.63, 3.8) is 0 Å². The normalized spacial score (nSPS) is 13.7. The van der Waals surface area contributed by atoms with E-state index in [2.05, 4.69) is 65.4 Å². The number of hydrogen-bond acceptors (Lipinski definition) is 3. The summed E-state index contributed by atoms with van der Waals surface area (Å²) in [6.07, 6.45) is 25.5. The molecule has 38 heavy (non-hydrogen) atoms. The molecule has 1 aromatic heterocycles. The van der Waals surface area contributed by atoms with Crippen LogP contribution in [0.25, 0.3) is 22.5 Å². The Morgan fingerprint density at radius 3 is 1.95 bits per heavy atom. The standard InChI is InChI=1S/C35H48N2O/c1-2-3-4-6-10-17-30-27-36-35(37-28-30)33-20-18-31(19-21-33)32-22-24-34(25-23-32)38-26-13-8-5-7-9-14-29-15-11-12-16-29/h18-25,27-29H,2-17,26H2,1H3. The SMILES string of the molecule is CCCCCCCc1cnc(-c2ccc(-c3ccc(OCCCCCCCC4CCCC4)cc3)cc2)nc1. The molecule has 0 aliphatic heterocycles. The number of benzene rings is 2. The van der Waals surface area contributed by atoms with Gasteiger partial charge >= 0.3 is 0 Å². The van der Waals surface area contributed by atoms with Gasteiger partial charge in [-0.05, 0) is 54.0 Å². The lowest BCUT2D eigenvalue weighted by molar-refractivity contribution is 0.304. The Kier molecular flexibility index (Phi) is 12.2. The smallest absolute Gasteiger partial charge is 0.159 e. The van der Waals surface area contributed by atoms with Gasteiger partial charge in [-0.25, -0.2) is 9.97 Å².